The van der Waals surface area contributed by atoms with Crippen LogP contribution in [0.1, 0.15) is 56.2 Å². The molecular formula is C25H37N5O2. The van der Waals surface area contributed by atoms with Crippen molar-refractivity contribution in [3.63, 3.8) is 0 Å². The molecule has 0 spiro atoms. The fourth-order valence-corrected chi connectivity index (χ4v) is 7.22. The molecule has 32 heavy (non-hydrogen) atoms. The molecule has 5 aliphatic rings. The number of carbonyl (C=O) groups is 2. The van der Waals surface area contributed by atoms with Crippen LogP contribution in [0, 0.1) is 30.1 Å². The predicted molar refractivity (Wildman–Crippen MR) is 124 cm³/mol. The second-order valence-corrected chi connectivity index (χ2v) is 11.0. The summed E-state index contributed by atoms with van der Waals surface area (Å²) in [5, 5.41) is 3.39. The summed E-state index contributed by atoms with van der Waals surface area (Å²) in [6.45, 7) is 8.05. The highest BCUT2D eigenvalue weighted by molar-refractivity contribution is 5.84. The van der Waals surface area contributed by atoms with Crippen LogP contribution in [-0.4, -0.2) is 61.0 Å². The Labute approximate surface area is 191 Å². The Bertz CT molecular complexity index is 894. The number of nitrogens with two attached hydrogens (primary N) is 1. The van der Waals surface area contributed by atoms with Crippen LogP contribution in [0.5, 0.6) is 0 Å². The number of nitrogens with one attached hydrogen (secondary N) is 1. The number of nitrogens with zero attached hydrogens (tertiary/aromatic N) is 3. The van der Waals surface area contributed by atoms with Crippen LogP contribution in [0.2, 0.25) is 0 Å². The van der Waals surface area contributed by atoms with Gasteiger partial charge in [-0.3, -0.25) is 9.59 Å². The van der Waals surface area contributed by atoms with Gasteiger partial charge in [-0.15, -0.1) is 0 Å². The van der Waals surface area contributed by atoms with Crippen molar-refractivity contribution in [1.82, 2.24) is 15.2 Å². The van der Waals surface area contributed by atoms with Crippen LogP contribution in [0.25, 0.3) is 0 Å². The van der Waals surface area contributed by atoms with E-state index < -0.39 is 0 Å². The quantitative estimate of drug-likeness (QED) is 0.733. The van der Waals surface area contributed by atoms with Crippen molar-refractivity contribution in [1.29, 1.82) is 0 Å². The van der Waals surface area contributed by atoms with Gasteiger partial charge in [0.2, 0.25) is 11.8 Å². The minimum Gasteiger partial charge on any atom is -0.369 e. The van der Waals surface area contributed by atoms with E-state index in [0.29, 0.717) is 17.8 Å². The third-order valence-electron chi connectivity index (χ3n) is 8.90. The lowest BCUT2D eigenvalue weighted by Gasteiger charge is -2.58. The van der Waals surface area contributed by atoms with E-state index in [9.17, 15) is 9.59 Å². The largest absolute Gasteiger partial charge is 0.369 e. The maximum Gasteiger partial charge on any atom is 0.227 e. The van der Waals surface area contributed by atoms with Crippen molar-refractivity contribution in [3.05, 3.63) is 23.4 Å². The Morgan fingerprint density at radius 2 is 1.78 bits per heavy atom. The van der Waals surface area contributed by atoms with Gasteiger partial charge in [-0.25, -0.2) is 4.98 Å². The SMILES string of the molecule is Cc1nc(N2CCN(C)CC2)ccc1C(C)C(=O)NC1C2CC3CC1CC(C(N)=O)(C3)C2. The van der Waals surface area contributed by atoms with Gasteiger partial charge in [-0.1, -0.05) is 6.07 Å². The van der Waals surface area contributed by atoms with Gasteiger partial charge in [-0.05, 0) is 82.4 Å². The van der Waals surface area contributed by atoms with Crippen LogP contribution >= 0.6 is 0 Å². The summed E-state index contributed by atoms with van der Waals surface area (Å²) < 4.78 is 0. The van der Waals surface area contributed by atoms with Gasteiger partial charge in [-0.2, -0.15) is 0 Å². The molecular weight excluding hydrogens is 402 g/mol. The van der Waals surface area contributed by atoms with Gasteiger partial charge in [0, 0.05) is 43.3 Å². The van der Waals surface area contributed by atoms with Crippen molar-refractivity contribution in [3.8, 4) is 0 Å². The number of aryl methyl sites for hydroxylation is 1. The van der Waals surface area contributed by atoms with E-state index in [1.165, 1.54) is 0 Å². The molecule has 2 amide bonds. The summed E-state index contributed by atoms with van der Waals surface area (Å²) in [6.07, 6.45) is 4.87. The van der Waals surface area contributed by atoms with E-state index in [4.69, 9.17) is 10.7 Å². The summed E-state index contributed by atoms with van der Waals surface area (Å²) in [4.78, 5) is 35.0. The standard InChI is InChI=1S/C25H37N5O2/c1-15(20-4-5-21(27-16(20)2)30-8-6-29(3)7-9-30)23(31)28-22-18-10-17-11-19(22)14-25(12-17,13-18)24(26)32/h4-5,15,17-19,22H,6-14H2,1-3H3,(H2,26,32)(H,28,31). The first-order valence-corrected chi connectivity index (χ1v) is 12.3. The van der Waals surface area contributed by atoms with Gasteiger partial charge in [0.25, 0.3) is 0 Å². The summed E-state index contributed by atoms with van der Waals surface area (Å²) in [5.41, 5.74) is 7.43. The second kappa shape index (κ2) is 8.01. The molecule has 1 saturated heterocycles. The smallest absolute Gasteiger partial charge is 0.227 e. The number of rotatable bonds is 5. The Hall–Kier alpha value is -2.15. The highest BCUT2D eigenvalue weighted by Crippen LogP contribution is 2.60. The summed E-state index contributed by atoms with van der Waals surface area (Å²) in [7, 11) is 2.15. The second-order valence-electron chi connectivity index (χ2n) is 11.0. The molecule has 7 heteroatoms. The highest BCUT2D eigenvalue weighted by Gasteiger charge is 2.58. The minimum atomic E-state index is -0.317. The molecule has 174 valence electrons. The Morgan fingerprint density at radius 1 is 1.12 bits per heavy atom. The molecule has 3 N–H and O–H groups in total. The molecule has 3 unspecified atom stereocenters. The fourth-order valence-electron chi connectivity index (χ4n) is 7.22. The topological polar surface area (TPSA) is 91.6 Å². The van der Waals surface area contributed by atoms with E-state index in [2.05, 4.69) is 34.3 Å². The van der Waals surface area contributed by atoms with Crippen LogP contribution in [-0.2, 0) is 9.59 Å². The lowest BCUT2D eigenvalue weighted by atomic mass is 9.47. The Balaban J connectivity index is 1.26. The first-order valence-electron chi connectivity index (χ1n) is 12.3. The molecule has 1 aliphatic heterocycles. The third-order valence-corrected chi connectivity index (χ3v) is 8.90. The average Bonchev–Trinajstić information content (AvgIpc) is 2.75. The monoisotopic (exact) mass is 439 g/mol. The molecule has 7 nitrogen and oxygen atoms in total. The van der Waals surface area contributed by atoms with Crippen molar-refractivity contribution in [2.75, 3.05) is 38.1 Å². The van der Waals surface area contributed by atoms with Crippen LogP contribution in [0.4, 0.5) is 5.82 Å². The molecule has 4 bridgehead atoms. The number of hydrogen-bond acceptors (Lipinski definition) is 5. The average molecular weight is 440 g/mol. The fraction of sp³-hybridized carbons (Fsp3) is 0.720. The molecule has 1 aromatic heterocycles. The molecule has 0 aromatic carbocycles. The first kappa shape index (κ1) is 21.7. The van der Waals surface area contributed by atoms with Crippen LogP contribution < -0.4 is 16.0 Å². The Morgan fingerprint density at radius 3 is 2.38 bits per heavy atom. The number of hydrogen-bond donors (Lipinski definition) is 2. The molecule has 2 heterocycles. The normalized spacial score (nSPS) is 35.0. The zero-order valence-electron chi connectivity index (χ0n) is 19.6. The lowest BCUT2D eigenvalue weighted by molar-refractivity contribution is -0.147. The zero-order valence-corrected chi connectivity index (χ0v) is 19.6. The Kier molecular flexibility index (Phi) is 5.43. The number of likely N-dealkylation sites (N-methyl/N-ethyl adjacent to an activating group) is 1. The summed E-state index contributed by atoms with van der Waals surface area (Å²) in [5.74, 6) is 2.06. The van der Waals surface area contributed by atoms with Crippen LogP contribution in [0.15, 0.2) is 12.1 Å². The molecule has 4 saturated carbocycles. The number of pyridine rings is 1. The zero-order chi connectivity index (χ0) is 22.6. The van der Waals surface area contributed by atoms with E-state index in [1.54, 1.807) is 0 Å². The van der Waals surface area contributed by atoms with E-state index in [0.717, 1.165) is 75.4 Å². The molecule has 6 rings (SSSR count). The number of carbonyl (C=O) groups excluding carboxylic acids is 2. The maximum absolute atomic E-state index is 13.3. The van der Waals surface area contributed by atoms with Gasteiger partial charge >= 0.3 is 0 Å². The maximum atomic E-state index is 13.3. The predicted octanol–water partition coefficient (Wildman–Crippen LogP) is 2.04. The molecule has 5 fully saturated rings. The summed E-state index contributed by atoms with van der Waals surface area (Å²) >= 11 is 0. The number of primary amides is 1. The molecule has 1 aromatic rings. The van der Waals surface area contributed by atoms with Gasteiger partial charge in [0.1, 0.15) is 5.82 Å². The van der Waals surface area contributed by atoms with Gasteiger partial charge < -0.3 is 20.9 Å². The number of piperazine rings is 1. The van der Waals surface area contributed by atoms with E-state index >= 15 is 0 Å². The van der Waals surface area contributed by atoms with Gasteiger partial charge in [0.05, 0.1) is 5.92 Å². The van der Waals surface area contributed by atoms with E-state index in [1.807, 2.05) is 13.8 Å². The van der Waals surface area contributed by atoms with Gasteiger partial charge in [0.15, 0.2) is 0 Å². The van der Waals surface area contributed by atoms with Crippen molar-refractivity contribution >= 4 is 17.6 Å². The summed E-state index contributed by atoms with van der Waals surface area (Å²) in [6, 6.07) is 4.32. The van der Waals surface area contributed by atoms with E-state index in [-0.39, 0.29) is 29.2 Å². The third kappa shape index (κ3) is 3.68. The highest BCUT2D eigenvalue weighted by atomic mass is 16.2. The van der Waals surface area contributed by atoms with Crippen molar-refractivity contribution < 1.29 is 9.59 Å². The number of aromatic nitrogens is 1. The number of amides is 2. The van der Waals surface area contributed by atoms with Crippen molar-refractivity contribution in [2.45, 2.75) is 57.9 Å². The van der Waals surface area contributed by atoms with Crippen LogP contribution in [0.3, 0.4) is 0 Å². The lowest BCUT2D eigenvalue weighted by Crippen LogP contribution is -2.62. The molecule has 3 atom stereocenters. The minimum absolute atomic E-state index is 0.0767. The number of anilines is 1. The first-order chi connectivity index (χ1) is 15.3. The van der Waals surface area contributed by atoms with Crippen molar-refractivity contribution in [2.24, 2.45) is 28.9 Å². The molecule has 0 radical (unpaired) electrons. The molecule has 4 aliphatic carbocycles.